The van der Waals surface area contributed by atoms with Crippen LogP contribution in [0.25, 0.3) is 0 Å². The van der Waals surface area contributed by atoms with Crippen molar-refractivity contribution in [3.8, 4) is 5.75 Å². The zero-order valence-corrected chi connectivity index (χ0v) is 17.4. The molecule has 3 atom stereocenters. The molecular formula is C21H33FN4O3. The molecule has 7 nitrogen and oxygen atoms in total. The van der Waals surface area contributed by atoms with Crippen LogP contribution in [0.4, 0.5) is 4.39 Å². The highest BCUT2D eigenvalue weighted by Gasteiger charge is 2.31. The molecule has 0 spiro atoms. The van der Waals surface area contributed by atoms with Crippen molar-refractivity contribution in [1.29, 1.82) is 0 Å². The number of benzene rings is 1. The van der Waals surface area contributed by atoms with Gasteiger partial charge in [0.25, 0.3) is 0 Å². The Kier molecular flexibility index (Phi) is 8.52. The van der Waals surface area contributed by atoms with E-state index in [2.05, 4.69) is 20.5 Å². The van der Waals surface area contributed by atoms with Crippen LogP contribution in [0.3, 0.4) is 0 Å². The molecule has 2 fully saturated rings. The minimum absolute atomic E-state index is 0.131. The summed E-state index contributed by atoms with van der Waals surface area (Å²) in [7, 11) is 1.76. The number of halogens is 1. The summed E-state index contributed by atoms with van der Waals surface area (Å²) in [6.07, 6.45) is 0.961. The Labute approximate surface area is 172 Å². The van der Waals surface area contributed by atoms with Gasteiger partial charge in [0.15, 0.2) is 5.96 Å². The number of rotatable bonds is 8. The summed E-state index contributed by atoms with van der Waals surface area (Å²) in [4.78, 5) is 6.83. The van der Waals surface area contributed by atoms with Crippen molar-refractivity contribution in [3.63, 3.8) is 0 Å². The van der Waals surface area contributed by atoms with Crippen LogP contribution in [-0.2, 0) is 9.47 Å². The van der Waals surface area contributed by atoms with Gasteiger partial charge in [-0.1, -0.05) is 6.07 Å². The minimum Gasteiger partial charge on any atom is -0.489 e. The maximum Gasteiger partial charge on any atom is 0.191 e. The van der Waals surface area contributed by atoms with Gasteiger partial charge in [0.1, 0.15) is 17.7 Å². The molecule has 2 saturated heterocycles. The number of hydrogen-bond donors (Lipinski definition) is 2. The van der Waals surface area contributed by atoms with E-state index in [1.807, 2.05) is 6.92 Å². The van der Waals surface area contributed by atoms with Gasteiger partial charge in [-0.15, -0.1) is 0 Å². The summed E-state index contributed by atoms with van der Waals surface area (Å²) in [6.45, 7) is 8.43. The third kappa shape index (κ3) is 6.83. The Balaban J connectivity index is 1.47. The van der Waals surface area contributed by atoms with E-state index in [1.165, 1.54) is 12.1 Å². The second-order valence-electron chi connectivity index (χ2n) is 7.56. The predicted octanol–water partition coefficient (Wildman–Crippen LogP) is 1.50. The molecule has 2 heterocycles. The van der Waals surface area contributed by atoms with E-state index in [0.29, 0.717) is 24.3 Å². The largest absolute Gasteiger partial charge is 0.489 e. The fourth-order valence-electron chi connectivity index (χ4n) is 3.84. The van der Waals surface area contributed by atoms with Gasteiger partial charge >= 0.3 is 0 Å². The highest BCUT2D eigenvalue weighted by atomic mass is 19.1. The maximum atomic E-state index is 13.3. The lowest BCUT2D eigenvalue weighted by atomic mass is 9.97. The first-order valence-electron chi connectivity index (χ1n) is 10.4. The second kappa shape index (κ2) is 11.3. The number of hydrogen-bond acceptors (Lipinski definition) is 5. The summed E-state index contributed by atoms with van der Waals surface area (Å²) < 4.78 is 30.2. The van der Waals surface area contributed by atoms with Gasteiger partial charge in [0, 0.05) is 51.3 Å². The standard InChI is InChI=1S/C21H33FN4O3/c1-16(29-19-5-3-4-18(22)12-19)13-24-21(23-2)25-14-20(17-6-9-28-15-17)26-7-10-27-11-8-26/h3-5,12,16-17,20H,6-11,13-15H2,1-2H3,(H2,23,24,25). The van der Waals surface area contributed by atoms with Gasteiger partial charge in [-0.25, -0.2) is 4.39 Å². The molecule has 1 aromatic rings. The Morgan fingerprint density at radius 3 is 2.72 bits per heavy atom. The summed E-state index contributed by atoms with van der Waals surface area (Å²) >= 11 is 0. The normalized spacial score (nSPS) is 22.9. The van der Waals surface area contributed by atoms with Crippen LogP contribution < -0.4 is 15.4 Å². The van der Waals surface area contributed by atoms with Crippen molar-refractivity contribution in [2.24, 2.45) is 10.9 Å². The smallest absolute Gasteiger partial charge is 0.191 e. The third-order valence-electron chi connectivity index (χ3n) is 5.42. The van der Waals surface area contributed by atoms with Crippen LogP contribution in [0.1, 0.15) is 13.3 Å². The highest BCUT2D eigenvalue weighted by Crippen LogP contribution is 2.21. The quantitative estimate of drug-likeness (QED) is 0.502. The maximum absolute atomic E-state index is 13.3. The van der Waals surface area contributed by atoms with E-state index in [0.717, 1.165) is 58.4 Å². The number of aliphatic imine (C=N–C) groups is 1. The molecule has 2 aliphatic heterocycles. The number of guanidine groups is 1. The number of morpholine rings is 1. The van der Waals surface area contributed by atoms with Crippen LogP contribution >= 0.6 is 0 Å². The molecular weight excluding hydrogens is 375 g/mol. The van der Waals surface area contributed by atoms with E-state index >= 15 is 0 Å². The lowest BCUT2D eigenvalue weighted by Gasteiger charge is -2.37. The van der Waals surface area contributed by atoms with Crippen molar-refractivity contribution in [3.05, 3.63) is 30.1 Å². The zero-order valence-electron chi connectivity index (χ0n) is 17.4. The summed E-state index contributed by atoms with van der Waals surface area (Å²) in [5.41, 5.74) is 0. The molecule has 0 bridgehead atoms. The molecule has 29 heavy (non-hydrogen) atoms. The second-order valence-corrected chi connectivity index (χ2v) is 7.56. The van der Waals surface area contributed by atoms with E-state index < -0.39 is 0 Å². The molecule has 1 aromatic carbocycles. The minimum atomic E-state index is -0.301. The number of ether oxygens (including phenoxy) is 3. The van der Waals surface area contributed by atoms with Gasteiger partial charge in [0.2, 0.25) is 0 Å². The van der Waals surface area contributed by atoms with Crippen molar-refractivity contribution >= 4 is 5.96 Å². The molecule has 0 amide bonds. The number of nitrogens with zero attached hydrogens (tertiary/aromatic N) is 2. The Bertz CT molecular complexity index is 649. The summed E-state index contributed by atoms with van der Waals surface area (Å²) in [5, 5.41) is 6.76. The van der Waals surface area contributed by atoms with Gasteiger partial charge in [-0.3, -0.25) is 9.89 Å². The molecule has 162 valence electrons. The fraction of sp³-hybridized carbons (Fsp3) is 0.667. The van der Waals surface area contributed by atoms with E-state index in [-0.39, 0.29) is 11.9 Å². The first-order valence-corrected chi connectivity index (χ1v) is 10.4. The Hall–Kier alpha value is -1.90. The zero-order chi connectivity index (χ0) is 20.5. The molecule has 0 radical (unpaired) electrons. The van der Waals surface area contributed by atoms with Gasteiger partial charge < -0.3 is 24.8 Å². The monoisotopic (exact) mass is 408 g/mol. The van der Waals surface area contributed by atoms with Crippen LogP contribution in [0, 0.1) is 11.7 Å². The molecule has 3 rings (SSSR count). The lowest BCUT2D eigenvalue weighted by Crippen LogP contribution is -2.54. The Morgan fingerprint density at radius 2 is 2.03 bits per heavy atom. The van der Waals surface area contributed by atoms with Crippen molar-refractivity contribution in [1.82, 2.24) is 15.5 Å². The third-order valence-corrected chi connectivity index (χ3v) is 5.42. The molecule has 0 aromatic heterocycles. The van der Waals surface area contributed by atoms with Crippen LogP contribution in [0.2, 0.25) is 0 Å². The predicted molar refractivity (Wildman–Crippen MR) is 111 cm³/mol. The topological polar surface area (TPSA) is 67.4 Å². The molecule has 8 heteroatoms. The van der Waals surface area contributed by atoms with E-state index in [9.17, 15) is 4.39 Å². The summed E-state index contributed by atoms with van der Waals surface area (Å²) in [6, 6.07) is 6.58. The van der Waals surface area contributed by atoms with E-state index in [1.54, 1.807) is 19.2 Å². The molecule has 0 aliphatic carbocycles. The molecule has 3 unspecified atom stereocenters. The van der Waals surface area contributed by atoms with Gasteiger partial charge in [0.05, 0.1) is 26.4 Å². The van der Waals surface area contributed by atoms with Gasteiger partial charge in [-0.2, -0.15) is 0 Å². The van der Waals surface area contributed by atoms with Gasteiger partial charge in [-0.05, 0) is 25.5 Å². The first kappa shape index (κ1) is 21.8. The average molecular weight is 409 g/mol. The first-order chi connectivity index (χ1) is 14.2. The number of nitrogens with one attached hydrogen (secondary N) is 2. The molecule has 2 aliphatic rings. The van der Waals surface area contributed by atoms with Crippen molar-refractivity contribution in [2.45, 2.75) is 25.5 Å². The van der Waals surface area contributed by atoms with Crippen LogP contribution in [0.15, 0.2) is 29.3 Å². The van der Waals surface area contributed by atoms with Crippen LogP contribution in [-0.4, -0.2) is 82.7 Å². The lowest BCUT2D eigenvalue weighted by molar-refractivity contribution is 0.00246. The SMILES string of the molecule is CN=C(NCC(C)Oc1cccc(F)c1)NCC(C1CCOC1)N1CCOCC1. The van der Waals surface area contributed by atoms with Crippen molar-refractivity contribution < 1.29 is 18.6 Å². The van der Waals surface area contributed by atoms with E-state index in [4.69, 9.17) is 14.2 Å². The highest BCUT2D eigenvalue weighted by molar-refractivity contribution is 5.79. The van der Waals surface area contributed by atoms with Crippen molar-refractivity contribution in [2.75, 3.05) is 59.7 Å². The molecule has 0 saturated carbocycles. The fourth-order valence-corrected chi connectivity index (χ4v) is 3.84. The Morgan fingerprint density at radius 1 is 1.24 bits per heavy atom. The van der Waals surface area contributed by atoms with Crippen LogP contribution in [0.5, 0.6) is 5.75 Å². The summed E-state index contributed by atoms with van der Waals surface area (Å²) in [5.74, 6) is 1.48. The average Bonchev–Trinajstić information content (AvgIpc) is 3.26. The molecule has 2 N–H and O–H groups in total.